The van der Waals surface area contributed by atoms with Crippen LogP contribution in [0.15, 0.2) is 24.3 Å². The Kier molecular flexibility index (Phi) is 5.54. The van der Waals surface area contributed by atoms with Crippen LogP contribution in [-0.2, 0) is 4.74 Å². The lowest BCUT2D eigenvalue weighted by Gasteiger charge is -2.30. The molecule has 1 aromatic rings. The van der Waals surface area contributed by atoms with Crippen molar-refractivity contribution in [3.8, 4) is 0 Å². The monoisotopic (exact) mass is 338 g/mol. The molecule has 2 atom stereocenters. The number of hydrogen-bond donors (Lipinski definition) is 1. The van der Waals surface area contributed by atoms with Gasteiger partial charge in [0.25, 0.3) is 5.91 Å². The number of likely N-dealkylation sites (tertiary alicyclic amines) is 1. The van der Waals surface area contributed by atoms with Gasteiger partial charge < -0.3 is 14.7 Å². The third-order valence-corrected chi connectivity index (χ3v) is 5.04. The summed E-state index contributed by atoms with van der Waals surface area (Å²) in [6.07, 6.45) is 0. The molecule has 0 aliphatic carbocycles. The number of carbonyl (C=O) groups is 1. The molecule has 1 aromatic carbocycles. The Balaban J connectivity index is 1.63. The van der Waals surface area contributed by atoms with Crippen LogP contribution in [0.25, 0.3) is 0 Å². The van der Waals surface area contributed by atoms with Crippen LogP contribution < -0.4 is 0 Å². The first-order chi connectivity index (χ1) is 11.2. The fourth-order valence-corrected chi connectivity index (χ4v) is 3.53. The predicted molar refractivity (Wildman–Crippen MR) is 88.7 cm³/mol. The Morgan fingerprint density at radius 3 is 2.48 bits per heavy atom. The zero-order valence-corrected chi connectivity index (χ0v) is 13.9. The predicted octanol–water partition coefficient (Wildman–Crippen LogP) is 1.35. The summed E-state index contributed by atoms with van der Waals surface area (Å²) in [7, 11) is 0. The van der Waals surface area contributed by atoms with Gasteiger partial charge in [-0.15, -0.1) is 0 Å². The number of hydrogen-bond acceptors (Lipinski definition) is 4. The molecule has 2 unspecified atom stereocenters. The average molecular weight is 339 g/mol. The van der Waals surface area contributed by atoms with Gasteiger partial charge in [0, 0.05) is 55.8 Å². The highest BCUT2D eigenvalue weighted by Crippen LogP contribution is 2.26. The van der Waals surface area contributed by atoms with E-state index in [1.807, 2.05) is 4.90 Å². The molecule has 1 amide bonds. The van der Waals surface area contributed by atoms with Gasteiger partial charge in [-0.05, 0) is 30.2 Å². The van der Waals surface area contributed by atoms with E-state index in [4.69, 9.17) is 16.3 Å². The number of rotatable bonds is 4. The zero-order chi connectivity index (χ0) is 16.2. The molecule has 2 saturated heterocycles. The van der Waals surface area contributed by atoms with Gasteiger partial charge in [-0.2, -0.15) is 0 Å². The van der Waals surface area contributed by atoms with E-state index < -0.39 is 0 Å². The Morgan fingerprint density at radius 2 is 1.83 bits per heavy atom. The Bertz CT molecular complexity index is 531. The molecule has 1 N–H and O–H groups in total. The van der Waals surface area contributed by atoms with Crippen molar-refractivity contribution in [2.75, 3.05) is 52.5 Å². The number of morpholine rings is 1. The Morgan fingerprint density at radius 1 is 1.17 bits per heavy atom. The van der Waals surface area contributed by atoms with Gasteiger partial charge in [0.05, 0.1) is 13.2 Å². The molecule has 0 bridgehead atoms. The lowest BCUT2D eigenvalue weighted by molar-refractivity contribution is 0.0264. The maximum Gasteiger partial charge on any atom is 0.253 e. The molecule has 2 heterocycles. The normalized spacial score (nSPS) is 25.7. The largest absolute Gasteiger partial charge is 0.396 e. The lowest BCUT2D eigenvalue weighted by atomic mass is 9.96. The lowest BCUT2D eigenvalue weighted by Crippen LogP contribution is -2.41. The van der Waals surface area contributed by atoms with Gasteiger partial charge in [-0.25, -0.2) is 0 Å². The van der Waals surface area contributed by atoms with Crippen LogP contribution in [-0.4, -0.2) is 73.4 Å². The highest BCUT2D eigenvalue weighted by Gasteiger charge is 2.36. The summed E-state index contributed by atoms with van der Waals surface area (Å²) in [5.74, 6) is 0.480. The highest BCUT2D eigenvalue weighted by atomic mass is 35.5. The number of aliphatic hydroxyl groups is 1. The van der Waals surface area contributed by atoms with Crippen molar-refractivity contribution in [2.24, 2.45) is 11.8 Å². The maximum atomic E-state index is 12.6. The van der Waals surface area contributed by atoms with Crippen molar-refractivity contribution >= 4 is 17.5 Å². The fraction of sp³-hybridized carbons (Fsp3) is 0.588. The summed E-state index contributed by atoms with van der Waals surface area (Å²) in [5, 5.41) is 10.3. The molecule has 2 aliphatic heterocycles. The molecule has 23 heavy (non-hydrogen) atoms. The molecule has 0 radical (unpaired) electrons. The first-order valence-electron chi connectivity index (χ1n) is 8.13. The molecule has 0 saturated carbocycles. The van der Waals surface area contributed by atoms with E-state index in [1.54, 1.807) is 24.3 Å². The van der Waals surface area contributed by atoms with E-state index in [9.17, 15) is 9.90 Å². The van der Waals surface area contributed by atoms with Gasteiger partial charge in [-0.1, -0.05) is 11.6 Å². The summed E-state index contributed by atoms with van der Waals surface area (Å²) in [4.78, 5) is 16.8. The van der Waals surface area contributed by atoms with Crippen LogP contribution in [0.1, 0.15) is 10.4 Å². The summed E-state index contributed by atoms with van der Waals surface area (Å²) in [6, 6.07) is 6.99. The standard InChI is InChI=1S/C17H23ClN2O3/c18-16-3-1-13(2-4-16)17(22)20-10-14(15(11-20)12-21)9-19-5-7-23-8-6-19/h1-4,14-15,21H,5-12H2. The molecule has 3 rings (SSSR count). The number of ether oxygens (including phenoxy) is 1. The topological polar surface area (TPSA) is 53.0 Å². The molecule has 0 spiro atoms. The molecular weight excluding hydrogens is 316 g/mol. The highest BCUT2D eigenvalue weighted by molar-refractivity contribution is 6.30. The third-order valence-electron chi connectivity index (χ3n) is 4.79. The van der Waals surface area contributed by atoms with E-state index in [-0.39, 0.29) is 18.4 Å². The average Bonchev–Trinajstić information content (AvgIpc) is 2.99. The van der Waals surface area contributed by atoms with Gasteiger partial charge in [0.2, 0.25) is 0 Å². The number of amides is 1. The molecule has 0 aromatic heterocycles. The summed E-state index contributed by atoms with van der Waals surface area (Å²) in [5.41, 5.74) is 0.651. The van der Waals surface area contributed by atoms with E-state index in [1.165, 1.54) is 0 Å². The third kappa shape index (κ3) is 4.04. The molecule has 2 fully saturated rings. The second-order valence-electron chi connectivity index (χ2n) is 6.33. The van der Waals surface area contributed by atoms with Crippen molar-refractivity contribution in [3.05, 3.63) is 34.9 Å². The second kappa shape index (κ2) is 7.62. The Hall–Kier alpha value is -1.14. The van der Waals surface area contributed by atoms with Crippen molar-refractivity contribution in [2.45, 2.75) is 0 Å². The number of halogens is 1. The fourth-order valence-electron chi connectivity index (χ4n) is 3.41. The first kappa shape index (κ1) is 16.7. The SMILES string of the molecule is O=C(c1ccc(Cl)cc1)N1CC(CO)C(CN2CCOCC2)C1. The summed E-state index contributed by atoms with van der Waals surface area (Å²) >= 11 is 5.88. The first-order valence-corrected chi connectivity index (χ1v) is 8.51. The number of nitrogens with zero attached hydrogens (tertiary/aromatic N) is 2. The van der Waals surface area contributed by atoms with E-state index in [0.717, 1.165) is 32.8 Å². The van der Waals surface area contributed by atoms with Crippen molar-refractivity contribution in [1.82, 2.24) is 9.80 Å². The van der Waals surface area contributed by atoms with Crippen LogP contribution in [0.3, 0.4) is 0 Å². The summed E-state index contributed by atoms with van der Waals surface area (Å²) in [6.45, 7) is 5.75. The van der Waals surface area contributed by atoms with Crippen LogP contribution in [0, 0.1) is 11.8 Å². The van der Waals surface area contributed by atoms with E-state index >= 15 is 0 Å². The molecular formula is C17H23ClN2O3. The number of aliphatic hydroxyl groups excluding tert-OH is 1. The van der Waals surface area contributed by atoms with Crippen molar-refractivity contribution in [3.63, 3.8) is 0 Å². The van der Waals surface area contributed by atoms with E-state index in [0.29, 0.717) is 29.6 Å². The minimum Gasteiger partial charge on any atom is -0.396 e. The zero-order valence-electron chi connectivity index (χ0n) is 13.2. The van der Waals surface area contributed by atoms with Gasteiger partial charge >= 0.3 is 0 Å². The molecule has 5 nitrogen and oxygen atoms in total. The van der Waals surface area contributed by atoms with E-state index in [2.05, 4.69) is 4.90 Å². The smallest absolute Gasteiger partial charge is 0.253 e. The van der Waals surface area contributed by atoms with Crippen LogP contribution in [0.2, 0.25) is 5.02 Å². The number of carbonyl (C=O) groups excluding carboxylic acids is 1. The minimum absolute atomic E-state index is 0.0181. The molecule has 2 aliphatic rings. The quantitative estimate of drug-likeness (QED) is 0.900. The van der Waals surface area contributed by atoms with Gasteiger partial charge in [0.15, 0.2) is 0 Å². The minimum atomic E-state index is 0.0181. The number of benzene rings is 1. The molecule has 6 heteroatoms. The van der Waals surface area contributed by atoms with Crippen molar-refractivity contribution < 1.29 is 14.6 Å². The Labute approximate surface area is 141 Å². The molecule has 126 valence electrons. The summed E-state index contributed by atoms with van der Waals surface area (Å²) < 4.78 is 5.38. The van der Waals surface area contributed by atoms with Crippen LogP contribution >= 0.6 is 11.6 Å². The second-order valence-corrected chi connectivity index (χ2v) is 6.77. The van der Waals surface area contributed by atoms with Gasteiger partial charge in [-0.3, -0.25) is 9.69 Å². The van der Waals surface area contributed by atoms with Crippen molar-refractivity contribution in [1.29, 1.82) is 0 Å². The maximum absolute atomic E-state index is 12.6. The van der Waals surface area contributed by atoms with Gasteiger partial charge in [0.1, 0.15) is 0 Å². The van der Waals surface area contributed by atoms with Crippen LogP contribution in [0.4, 0.5) is 0 Å². The van der Waals surface area contributed by atoms with Crippen LogP contribution in [0.5, 0.6) is 0 Å².